The van der Waals surface area contributed by atoms with Crippen LogP contribution in [0.4, 0.5) is 5.69 Å². The van der Waals surface area contributed by atoms with E-state index in [-0.39, 0.29) is 5.75 Å². The molecule has 1 fully saturated rings. The van der Waals surface area contributed by atoms with Gasteiger partial charge in [-0.2, -0.15) is 0 Å². The van der Waals surface area contributed by atoms with Crippen LogP contribution in [0.3, 0.4) is 0 Å². The molecule has 0 aromatic heterocycles. The largest absolute Gasteiger partial charge is 0.399 e. The molecule has 1 heterocycles. The molecule has 2 unspecified atom stereocenters. The summed E-state index contributed by atoms with van der Waals surface area (Å²) in [5.41, 5.74) is 7.06. The monoisotopic (exact) mass is 282 g/mol. The van der Waals surface area contributed by atoms with Crippen LogP contribution in [0.1, 0.15) is 25.8 Å². The van der Waals surface area contributed by atoms with Crippen molar-refractivity contribution in [1.29, 1.82) is 0 Å². The minimum absolute atomic E-state index is 0.0622. The Morgan fingerprint density at radius 3 is 2.21 bits per heavy atom. The van der Waals surface area contributed by atoms with Crippen LogP contribution in [-0.4, -0.2) is 25.8 Å². The van der Waals surface area contributed by atoms with E-state index in [4.69, 9.17) is 5.73 Å². The van der Waals surface area contributed by atoms with Crippen molar-refractivity contribution in [2.24, 2.45) is 11.8 Å². The molecule has 1 aromatic carbocycles. The summed E-state index contributed by atoms with van der Waals surface area (Å²) in [6.45, 7) is 5.51. The number of nitrogen functional groups attached to an aromatic ring is 1. The third-order valence-corrected chi connectivity index (χ3v) is 5.34. The van der Waals surface area contributed by atoms with Crippen LogP contribution in [0.15, 0.2) is 24.3 Å². The number of nitrogens with zero attached hydrogens (tertiary/aromatic N) is 1. The van der Waals surface area contributed by atoms with Gasteiger partial charge in [0, 0.05) is 18.8 Å². The van der Waals surface area contributed by atoms with Gasteiger partial charge >= 0.3 is 0 Å². The lowest BCUT2D eigenvalue weighted by Gasteiger charge is -2.34. The quantitative estimate of drug-likeness (QED) is 0.863. The van der Waals surface area contributed by atoms with Gasteiger partial charge in [-0.05, 0) is 36.0 Å². The molecule has 4 nitrogen and oxygen atoms in total. The SMILES string of the molecule is CC1CC(C)CN(S(=O)(=O)Cc2ccc(N)cc2)C1. The summed E-state index contributed by atoms with van der Waals surface area (Å²) in [4.78, 5) is 0. The molecule has 2 rings (SSSR count). The maximum absolute atomic E-state index is 12.4. The molecule has 1 saturated heterocycles. The Bertz CT molecular complexity index is 515. The Balaban J connectivity index is 2.11. The average molecular weight is 282 g/mol. The van der Waals surface area contributed by atoms with E-state index in [2.05, 4.69) is 13.8 Å². The van der Waals surface area contributed by atoms with Gasteiger partial charge in [-0.25, -0.2) is 12.7 Å². The van der Waals surface area contributed by atoms with Crippen LogP contribution in [0.25, 0.3) is 0 Å². The van der Waals surface area contributed by atoms with Crippen molar-refractivity contribution in [1.82, 2.24) is 4.31 Å². The van der Waals surface area contributed by atoms with Gasteiger partial charge in [0.25, 0.3) is 0 Å². The molecule has 5 heteroatoms. The summed E-state index contributed by atoms with van der Waals surface area (Å²) in [7, 11) is -3.22. The molecule has 0 radical (unpaired) electrons. The number of nitrogens with two attached hydrogens (primary N) is 1. The predicted octanol–water partition coefficient (Wildman–Crippen LogP) is 2.08. The summed E-state index contributed by atoms with van der Waals surface area (Å²) >= 11 is 0. The van der Waals surface area contributed by atoms with Gasteiger partial charge in [0.1, 0.15) is 0 Å². The van der Waals surface area contributed by atoms with Crippen LogP contribution in [-0.2, 0) is 15.8 Å². The molecule has 0 saturated carbocycles. The van der Waals surface area contributed by atoms with Gasteiger partial charge < -0.3 is 5.73 Å². The number of rotatable bonds is 3. The molecular weight excluding hydrogens is 260 g/mol. The molecule has 1 aromatic rings. The van der Waals surface area contributed by atoms with Crippen molar-refractivity contribution in [2.45, 2.75) is 26.0 Å². The summed E-state index contributed by atoms with van der Waals surface area (Å²) in [5.74, 6) is 0.932. The molecule has 0 aliphatic carbocycles. The number of hydrogen-bond acceptors (Lipinski definition) is 3. The third kappa shape index (κ3) is 3.70. The van der Waals surface area contributed by atoms with Crippen LogP contribution in [0.2, 0.25) is 0 Å². The molecular formula is C14H22N2O2S. The zero-order chi connectivity index (χ0) is 14.0. The number of anilines is 1. The van der Waals surface area contributed by atoms with E-state index in [0.717, 1.165) is 12.0 Å². The molecule has 0 spiro atoms. The lowest BCUT2D eigenvalue weighted by Crippen LogP contribution is -2.43. The van der Waals surface area contributed by atoms with E-state index in [1.165, 1.54) is 0 Å². The summed E-state index contributed by atoms with van der Waals surface area (Å²) in [6.07, 6.45) is 1.11. The number of hydrogen-bond donors (Lipinski definition) is 1. The lowest BCUT2D eigenvalue weighted by molar-refractivity contribution is 0.222. The molecule has 0 amide bonds. The minimum atomic E-state index is -3.22. The zero-order valence-electron chi connectivity index (χ0n) is 11.5. The van der Waals surface area contributed by atoms with Gasteiger partial charge in [-0.15, -0.1) is 0 Å². The Kier molecular flexibility index (Phi) is 4.16. The zero-order valence-corrected chi connectivity index (χ0v) is 12.4. The van der Waals surface area contributed by atoms with E-state index in [1.807, 2.05) is 0 Å². The van der Waals surface area contributed by atoms with Crippen LogP contribution in [0.5, 0.6) is 0 Å². The molecule has 19 heavy (non-hydrogen) atoms. The number of sulfonamides is 1. The first kappa shape index (κ1) is 14.3. The Morgan fingerprint density at radius 1 is 1.16 bits per heavy atom. The van der Waals surface area contributed by atoms with Crippen molar-refractivity contribution in [3.63, 3.8) is 0 Å². The van der Waals surface area contributed by atoms with E-state index >= 15 is 0 Å². The van der Waals surface area contributed by atoms with Crippen molar-refractivity contribution < 1.29 is 8.42 Å². The van der Waals surface area contributed by atoms with Gasteiger partial charge in [0.05, 0.1) is 5.75 Å². The van der Waals surface area contributed by atoms with Gasteiger partial charge in [0.15, 0.2) is 0 Å². The van der Waals surface area contributed by atoms with Gasteiger partial charge in [-0.1, -0.05) is 26.0 Å². The highest BCUT2D eigenvalue weighted by Gasteiger charge is 2.30. The molecule has 2 atom stereocenters. The topological polar surface area (TPSA) is 63.4 Å². The van der Waals surface area contributed by atoms with Gasteiger partial charge in [0.2, 0.25) is 10.0 Å². The Hall–Kier alpha value is -1.07. The first-order valence-corrected chi connectivity index (χ1v) is 8.30. The maximum Gasteiger partial charge on any atom is 0.218 e. The second kappa shape index (κ2) is 5.51. The van der Waals surface area contributed by atoms with Crippen molar-refractivity contribution in [3.8, 4) is 0 Å². The lowest BCUT2D eigenvalue weighted by atomic mass is 9.94. The van der Waals surface area contributed by atoms with E-state index in [0.29, 0.717) is 30.6 Å². The number of piperidine rings is 1. The third-order valence-electron chi connectivity index (χ3n) is 3.56. The van der Waals surface area contributed by atoms with E-state index in [1.54, 1.807) is 28.6 Å². The van der Waals surface area contributed by atoms with Crippen LogP contribution in [0, 0.1) is 11.8 Å². The summed E-state index contributed by atoms with van der Waals surface area (Å²) in [5, 5.41) is 0. The highest BCUT2D eigenvalue weighted by atomic mass is 32.2. The molecule has 106 valence electrons. The van der Waals surface area contributed by atoms with E-state index < -0.39 is 10.0 Å². The minimum Gasteiger partial charge on any atom is -0.399 e. The fourth-order valence-corrected chi connectivity index (χ4v) is 4.51. The maximum atomic E-state index is 12.4. The predicted molar refractivity (Wildman–Crippen MR) is 78.0 cm³/mol. The molecule has 1 aliphatic heterocycles. The Morgan fingerprint density at radius 2 is 1.68 bits per heavy atom. The highest BCUT2D eigenvalue weighted by molar-refractivity contribution is 7.88. The highest BCUT2D eigenvalue weighted by Crippen LogP contribution is 2.24. The van der Waals surface area contributed by atoms with Crippen molar-refractivity contribution >= 4 is 15.7 Å². The average Bonchev–Trinajstić information content (AvgIpc) is 2.31. The van der Waals surface area contributed by atoms with Gasteiger partial charge in [-0.3, -0.25) is 0 Å². The van der Waals surface area contributed by atoms with Crippen LogP contribution >= 0.6 is 0 Å². The second-order valence-corrected chi connectivity index (χ2v) is 7.73. The molecule has 2 N–H and O–H groups in total. The normalized spacial score (nSPS) is 25.4. The van der Waals surface area contributed by atoms with Crippen molar-refractivity contribution in [3.05, 3.63) is 29.8 Å². The molecule has 0 bridgehead atoms. The van der Waals surface area contributed by atoms with Crippen molar-refractivity contribution in [2.75, 3.05) is 18.8 Å². The van der Waals surface area contributed by atoms with Crippen LogP contribution < -0.4 is 5.73 Å². The Labute approximate surface area is 115 Å². The standard InChI is InChI=1S/C14H22N2O2S/c1-11-7-12(2)9-16(8-11)19(17,18)10-13-3-5-14(15)6-4-13/h3-6,11-12H,7-10,15H2,1-2H3. The number of benzene rings is 1. The fraction of sp³-hybridized carbons (Fsp3) is 0.571. The fourth-order valence-electron chi connectivity index (χ4n) is 2.75. The second-order valence-electron chi connectivity index (χ2n) is 5.76. The first-order valence-electron chi connectivity index (χ1n) is 6.69. The first-order chi connectivity index (χ1) is 8.87. The van der Waals surface area contributed by atoms with E-state index in [9.17, 15) is 8.42 Å². The summed E-state index contributed by atoms with van der Waals surface area (Å²) in [6, 6.07) is 7.05. The summed E-state index contributed by atoms with van der Waals surface area (Å²) < 4.78 is 26.5. The smallest absolute Gasteiger partial charge is 0.218 e. The molecule has 1 aliphatic rings.